The zero-order chi connectivity index (χ0) is 13.4. The summed E-state index contributed by atoms with van der Waals surface area (Å²) in [6, 6.07) is -1.12. The van der Waals surface area contributed by atoms with Gasteiger partial charge in [0.25, 0.3) is 0 Å². The maximum absolute atomic E-state index is 12.6. The van der Waals surface area contributed by atoms with Crippen molar-refractivity contribution in [1.29, 1.82) is 0 Å². The second-order valence-electron chi connectivity index (χ2n) is 5.39. The van der Waals surface area contributed by atoms with Gasteiger partial charge < -0.3 is 10.0 Å². The highest BCUT2D eigenvalue weighted by atomic mass is 19.3. The zero-order valence-corrected chi connectivity index (χ0v) is 10.1. The number of carbonyl (C=O) groups excluding carboxylic acids is 1. The van der Waals surface area contributed by atoms with Crippen LogP contribution in [0.3, 0.4) is 0 Å². The summed E-state index contributed by atoms with van der Waals surface area (Å²) in [4.78, 5) is 24.0. The van der Waals surface area contributed by atoms with E-state index in [-0.39, 0.29) is 13.0 Å². The van der Waals surface area contributed by atoms with Crippen LogP contribution in [0.15, 0.2) is 0 Å². The molecule has 4 nitrogen and oxygen atoms in total. The molecule has 1 aliphatic heterocycles. The monoisotopic (exact) mass is 249 g/mol. The number of carboxylic acids is 1. The molecule has 1 N–H and O–H groups in total. The number of nitrogens with zero attached hydrogens (tertiary/aromatic N) is 1. The van der Waals surface area contributed by atoms with Crippen molar-refractivity contribution in [1.82, 2.24) is 4.90 Å². The normalized spacial score (nSPS) is 25.4. The fourth-order valence-corrected chi connectivity index (χ4v) is 1.94. The summed E-state index contributed by atoms with van der Waals surface area (Å²) in [5, 5.41) is 8.96. The first-order valence-electron chi connectivity index (χ1n) is 5.46. The zero-order valence-electron chi connectivity index (χ0n) is 10.1. The minimum absolute atomic E-state index is 0.172. The molecule has 1 aliphatic rings. The van der Waals surface area contributed by atoms with E-state index < -0.39 is 35.7 Å². The highest BCUT2D eigenvalue weighted by Gasteiger charge is 2.45. The quantitative estimate of drug-likeness (QED) is 0.808. The number of rotatable bonds is 2. The van der Waals surface area contributed by atoms with Gasteiger partial charge in [-0.25, -0.2) is 13.6 Å². The second kappa shape index (κ2) is 4.58. The molecule has 17 heavy (non-hydrogen) atoms. The SMILES string of the molecule is CC(C)(C)C(=O)N1CC(C(F)F)C[C@@H]1C(=O)O. The summed E-state index contributed by atoms with van der Waals surface area (Å²) in [5.41, 5.74) is -0.759. The fraction of sp³-hybridized carbons (Fsp3) is 0.818. The highest BCUT2D eigenvalue weighted by molar-refractivity contribution is 5.87. The van der Waals surface area contributed by atoms with E-state index in [9.17, 15) is 18.4 Å². The number of carbonyl (C=O) groups is 2. The van der Waals surface area contributed by atoms with Gasteiger partial charge in [0.2, 0.25) is 12.3 Å². The molecule has 0 saturated carbocycles. The fourth-order valence-electron chi connectivity index (χ4n) is 1.94. The van der Waals surface area contributed by atoms with Crippen LogP contribution in [0, 0.1) is 11.3 Å². The van der Waals surface area contributed by atoms with Crippen LogP contribution in [0.1, 0.15) is 27.2 Å². The molecule has 1 heterocycles. The van der Waals surface area contributed by atoms with Crippen LogP contribution in [0.4, 0.5) is 8.78 Å². The molecule has 0 aromatic heterocycles. The number of carboxylic acid groups (broad SMARTS) is 1. The van der Waals surface area contributed by atoms with Crippen LogP contribution >= 0.6 is 0 Å². The lowest BCUT2D eigenvalue weighted by molar-refractivity contribution is -0.151. The first-order chi connectivity index (χ1) is 7.64. The molecule has 1 rings (SSSR count). The highest BCUT2D eigenvalue weighted by Crippen LogP contribution is 2.31. The molecule has 0 aliphatic carbocycles. The van der Waals surface area contributed by atoms with Crippen molar-refractivity contribution in [3.05, 3.63) is 0 Å². The van der Waals surface area contributed by atoms with Crippen LogP contribution < -0.4 is 0 Å². The summed E-state index contributed by atoms with van der Waals surface area (Å²) in [7, 11) is 0. The molecule has 1 saturated heterocycles. The van der Waals surface area contributed by atoms with Gasteiger partial charge in [-0.15, -0.1) is 0 Å². The van der Waals surface area contributed by atoms with E-state index in [4.69, 9.17) is 5.11 Å². The van der Waals surface area contributed by atoms with Crippen molar-refractivity contribution >= 4 is 11.9 Å². The maximum atomic E-state index is 12.6. The van der Waals surface area contributed by atoms with Gasteiger partial charge in [-0.3, -0.25) is 4.79 Å². The molecule has 1 unspecified atom stereocenters. The Balaban J connectivity index is 2.89. The Morgan fingerprint density at radius 3 is 2.24 bits per heavy atom. The standard InChI is InChI=1S/C11H17F2NO3/c1-11(2,3)10(17)14-5-6(8(12)13)4-7(14)9(15)16/h6-8H,4-5H2,1-3H3,(H,15,16)/t6?,7-/m1/s1. The molecule has 98 valence electrons. The van der Waals surface area contributed by atoms with Crippen molar-refractivity contribution in [3.8, 4) is 0 Å². The van der Waals surface area contributed by atoms with Gasteiger partial charge in [0, 0.05) is 17.9 Å². The lowest BCUT2D eigenvalue weighted by Gasteiger charge is -2.28. The number of likely N-dealkylation sites (tertiary alicyclic amines) is 1. The molecule has 1 fully saturated rings. The molecule has 0 bridgehead atoms. The van der Waals surface area contributed by atoms with E-state index in [2.05, 4.69) is 0 Å². The first-order valence-corrected chi connectivity index (χ1v) is 5.46. The predicted molar refractivity (Wildman–Crippen MR) is 56.7 cm³/mol. The Bertz CT molecular complexity index is 325. The summed E-state index contributed by atoms with van der Waals surface area (Å²) < 4.78 is 25.2. The van der Waals surface area contributed by atoms with E-state index in [1.807, 2.05) is 0 Å². The van der Waals surface area contributed by atoms with Gasteiger partial charge in [-0.05, 0) is 6.42 Å². The molecule has 0 radical (unpaired) electrons. The van der Waals surface area contributed by atoms with Gasteiger partial charge in [0.1, 0.15) is 6.04 Å². The van der Waals surface area contributed by atoms with Gasteiger partial charge >= 0.3 is 5.97 Å². The van der Waals surface area contributed by atoms with E-state index in [1.54, 1.807) is 20.8 Å². The third-order valence-electron chi connectivity index (χ3n) is 2.88. The van der Waals surface area contributed by atoms with Crippen molar-refractivity contribution < 1.29 is 23.5 Å². The maximum Gasteiger partial charge on any atom is 0.326 e. The smallest absolute Gasteiger partial charge is 0.326 e. The van der Waals surface area contributed by atoms with E-state index in [1.165, 1.54) is 0 Å². The Labute approximate surface area is 98.6 Å². The molecule has 0 aromatic carbocycles. The summed E-state index contributed by atoms with van der Waals surface area (Å²) in [6.45, 7) is 4.75. The number of hydrogen-bond donors (Lipinski definition) is 1. The third kappa shape index (κ3) is 2.92. The summed E-state index contributed by atoms with van der Waals surface area (Å²) >= 11 is 0. The molecule has 0 spiro atoms. The molecule has 2 atom stereocenters. The molecular formula is C11H17F2NO3. The number of alkyl halides is 2. The van der Waals surface area contributed by atoms with Gasteiger partial charge in [-0.2, -0.15) is 0 Å². The van der Waals surface area contributed by atoms with E-state index in [0.29, 0.717) is 0 Å². The Morgan fingerprint density at radius 1 is 1.35 bits per heavy atom. The van der Waals surface area contributed by atoms with Crippen LogP contribution in [0.2, 0.25) is 0 Å². The topological polar surface area (TPSA) is 57.6 Å². The number of hydrogen-bond acceptors (Lipinski definition) is 2. The lowest BCUT2D eigenvalue weighted by Crippen LogP contribution is -2.45. The van der Waals surface area contributed by atoms with Gasteiger partial charge in [0.15, 0.2) is 0 Å². The van der Waals surface area contributed by atoms with E-state index >= 15 is 0 Å². The van der Waals surface area contributed by atoms with Gasteiger partial charge in [-0.1, -0.05) is 20.8 Å². The first kappa shape index (κ1) is 13.9. The largest absolute Gasteiger partial charge is 0.480 e. The molecule has 0 aromatic rings. The third-order valence-corrected chi connectivity index (χ3v) is 2.88. The lowest BCUT2D eigenvalue weighted by atomic mass is 9.94. The summed E-state index contributed by atoms with van der Waals surface area (Å²) in [5.74, 6) is -2.65. The van der Waals surface area contributed by atoms with Crippen molar-refractivity contribution in [2.24, 2.45) is 11.3 Å². The van der Waals surface area contributed by atoms with Crippen LogP contribution in [-0.4, -0.2) is 40.9 Å². The number of aliphatic carboxylic acids is 1. The van der Waals surface area contributed by atoms with Crippen LogP contribution in [0.5, 0.6) is 0 Å². The van der Waals surface area contributed by atoms with Crippen LogP contribution in [0.25, 0.3) is 0 Å². The minimum Gasteiger partial charge on any atom is -0.480 e. The Kier molecular flexibility index (Phi) is 3.74. The number of amides is 1. The Hall–Kier alpha value is -1.20. The Morgan fingerprint density at radius 2 is 1.88 bits per heavy atom. The van der Waals surface area contributed by atoms with Crippen LogP contribution in [-0.2, 0) is 9.59 Å². The molecular weight excluding hydrogens is 232 g/mol. The average Bonchev–Trinajstić information content (AvgIpc) is 2.59. The average molecular weight is 249 g/mol. The minimum atomic E-state index is -2.59. The van der Waals surface area contributed by atoms with Gasteiger partial charge in [0.05, 0.1) is 0 Å². The summed E-state index contributed by atoms with van der Waals surface area (Å²) in [6.07, 6.45) is -2.76. The number of halogens is 2. The molecule has 1 amide bonds. The second-order valence-corrected chi connectivity index (χ2v) is 5.39. The predicted octanol–water partition coefficient (Wildman–Crippen LogP) is 1.60. The van der Waals surface area contributed by atoms with Crippen molar-refractivity contribution in [3.63, 3.8) is 0 Å². The van der Waals surface area contributed by atoms with E-state index in [0.717, 1.165) is 4.90 Å². The molecule has 6 heteroatoms. The van der Waals surface area contributed by atoms with Crippen molar-refractivity contribution in [2.75, 3.05) is 6.54 Å². The van der Waals surface area contributed by atoms with Crippen molar-refractivity contribution in [2.45, 2.75) is 39.7 Å².